The van der Waals surface area contributed by atoms with Gasteiger partial charge in [-0.2, -0.15) is 10.5 Å². The summed E-state index contributed by atoms with van der Waals surface area (Å²) in [5, 5.41) is 16.6. The molecule has 1 rings (SSSR count). The Kier molecular flexibility index (Phi) is 1.27. The lowest BCUT2D eigenvalue weighted by molar-refractivity contribution is 1.22. The van der Waals surface area contributed by atoms with E-state index >= 15 is 0 Å². The maximum absolute atomic E-state index is 8.31. The minimum Gasteiger partial charge on any atom is -0.383 e. The number of anilines is 1. The Morgan fingerprint density at radius 2 is 2.10 bits per heavy atom. The molecule has 0 atom stereocenters. The standard InChI is InChI=1S/C5H3N5/c6-1-3-5(8)10-4(2-7)9-3/h8H2,(H,9,10). The van der Waals surface area contributed by atoms with Crippen LogP contribution in [-0.4, -0.2) is 9.97 Å². The number of H-pyrrole nitrogens is 1. The molecule has 0 fully saturated rings. The maximum Gasteiger partial charge on any atom is 0.213 e. The number of aromatic nitrogens is 2. The summed E-state index contributed by atoms with van der Waals surface area (Å²) in [6, 6.07) is 3.46. The molecule has 0 aliphatic carbocycles. The van der Waals surface area contributed by atoms with Gasteiger partial charge in [-0.1, -0.05) is 0 Å². The van der Waals surface area contributed by atoms with Crippen LogP contribution in [0.25, 0.3) is 0 Å². The highest BCUT2D eigenvalue weighted by Gasteiger charge is 2.03. The Labute approximate surface area is 56.7 Å². The van der Waals surface area contributed by atoms with Crippen molar-refractivity contribution in [2.45, 2.75) is 0 Å². The third kappa shape index (κ3) is 0.762. The minimum atomic E-state index is 0.0639. The molecular formula is C5H3N5. The van der Waals surface area contributed by atoms with E-state index in [9.17, 15) is 0 Å². The number of imidazole rings is 1. The highest BCUT2D eigenvalue weighted by atomic mass is 15.0. The monoisotopic (exact) mass is 133 g/mol. The fourth-order valence-electron chi connectivity index (χ4n) is 0.525. The molecule has 0 amide bonds. The van der Waals surface area contributed by atoms with Crippen LogP contribution in [0.5, 0.6) is 0 Å². The molecule has 1 heterocycles. The van der Waals surface area contributed by atoms with Crippen LogP contribution in [0.3, 0.4) is 0 Å². The van der Waals surface area contributed by atoms with E-state index in [0.717, 1.165) is 0 Å². The first-order valence-corrected chi connectivity index (χ1v) is 2.43. The van der Waals surface area contributed by atoms with Crippen molar-refractivity contribution in [1.29, 1.82) is 10.5 Å². The van der Waals surface area contributed by atoms with Gasteiger partial charge in [-0.25, -0.2) is 4.98 Å². The average Bonchev–Trinajstić information content (AvgIpc) is 2.30. The summed E-state index contributed by atoms with van der Waals surface area (Å²) in [5.74, 6) is 0.202. The molecule has 0 saturated carbocycles. The Morgan fingerprint density at radius 1 is 1.40 bits per heavy atom. The van der Waals surface area contributed by atoms with Gasteiger partial charge in [0.15, 0.2) is 5.69 Å². The zero-order valence-corrected chi connectivity index (χ0v) is 4.92. The van der Waals surface area contributed by atoms with Crippen molar-refractivity contribution in [2.75, 3.05) is 5.73 Å². The van der Waals surface area contributed by atoms with Crippen molar-refractivity contribution in [2.24, 2.45) is 0 Å². The highest BCUT2D eigenvalue weighted by molar-refractivity contribution is 5.45. The van der Waals surface area contributed by atoms with E-state index in [1.54, 1.807) is 12.1 Å². The number of hydrogen-bond acceptors (Lipinski definition) is 4. The molecular weight excluding hydrogens is 130 g/mol. The quantitative estimate of drug-likeness (QED) is 0.508. The van der Waals surface area contributed by atoms with Crippen molar-refractivity contribution >= 4 is 5.82 Å². The number of nitriles is 2. The van der Waals surface area contributed by atoms with Crippen LogP contribution in [0, 0.1) is 22.7 Å². The number of nitrogen functional groups attached to an aromatic ring is 1. The van der Waals surface area contributed by atoms with Gasteiger partial charge in [-0.05, 0) is 0 Å². The molecule has 5 nitrogen and oxygen atoms in total. The van der Waals surface area contributed by atoms with E-state index in [-0.39, 0.29) is 17.3 Å². The maximum atomic E-state index is 8.31. The van der Waals surface area contributed by atoms with Gasteiger partial charge in [0.25, 0.3) is 0 Å². The molecule has 0 saturated heterocycles. The molecule has 0 bridgehead atoms. The van der Waals surface area contributed by atoms with Crippen LogP contribution in [0.15, 0.2) is 0 Å². The fraction of sp³-hybridized carbons (Fsp3) is 0. The molecule has 0 unspecified atom stereocenters. The van der Waals surface area contributed by atoms with Gasteiger partial charge in [0.1, 0.15) is 18.0 Å². The lowest BCUT2D eigenvalue weighted by atomic mass is 10.5. The van der Waals surface area contributed by atoms with E-state index in [1.165, 1.54) is 0 Å². The molecule has 0 aliphatic heterocycles. The predicted octanol–water partition coefficient (Wildman–Crippen LogP) is -0.265. The van der Waals surface area contributed by atoms with Crippen LogP contribution in [0.4, 0.5) is 5.82 Å². The molecule has 0 aliphatic rings. The SMILES string of the molecule is N#Cc1nc(C#N)c(N)[nH]1. The van der Waals surface area contributed by atoms with E-state index in [2.05, 4.69) is 9.97 Å². The zero-order valence-electron chi connectivity index (χ0n) is 4.92. The third-order valence-corrected chi connectivity index (χ3v) is 0.944. The smallest absolute Gasteiger partial charge is 0.213 e. The summed E-state index contributed by atoms with van der Waals surface area (Å²) in [4.78, 5) is 5.97. The van der Waals surface area contributed by atoms with Gasteiger partial charge in [0, 0.05) is 0 Å². The van der Waals surface area contributed by atoms with E-state index in [1.807, 2.05) is 0 Å². The topological polar surface area (TPSA) is 102 Å². The molecule has 5 heteroatoms. The lowest BCUT2D eigenvalue weighted by Gasteiger charge is -1.77. The van der Waals surface area contributed by atoms with E-state index in [4.69, 9.17) is 16.3 Å². The summed E-state index contributed by atoms with van der Waals surface area (Å²) in [5.41, 5.74) is 5.30. The molecule has 0 radical (unpaired) electrons. The normalized spacial score (nSPS) is 8.20. The Balaban J connectivity index is 3.23. The van der Waals surface area contributed by atoms with Crippen LogP contribution in [0.2, 0.25) is 0 Å². The summed E-state index contributed by atoms with van der Waals surface area (Å²) in [7, 11) is 0. The molecule has 48 valence electrons. The second-order valence-electron chi connectivity index (χ2n) is 1.57. The van der Waals surface area contributed by atoms with E-state index < -0.39 is 0 Å². The van der Waals surface area contributed by atoms with Gasteiger partial charge in [-0.15, -0.1) is 0 Å². The molecule has 1 aromatic heterocycles. The first-order chi connectivity index (χ1) is 4.77. The first kappa shape index (κ1) is 6.12. The van der Waals surface area contributed by atoms with Gasteiger partial charge >= 0.3 is 0 Å². The van der Waals surface area contributed by atoms with Crippen LogP contribution >= 0.6 is 0 Å². The summed E-state index contributed by atoms with van der Waals surface area (Å²) >= 11 is 0. The largest absolute Gasteiger partial charge is 0.383 e. The second kappa shape index (κ2) is 2.08. The van der Waals surface area contributed by atoms with Crippen molar-refractivity contribution in [1.82, 2.24) is 9.97 Å². The molecule has 10 heavy (non-hydrogen) atoms. The Bertz CT molecular complexity index is 323. The number of nitrogens with zero attached hydrogens (tertiary/aromatic N) is 3. The van der Waals surface area contributed by atoms with Gasteiger partial charge in [0.2, 0.25) is 5.82 Å². The summed E-state index contributed by atoms with van der Waals surface area (Å²) in [6.07, 6.45) is 0. The van der Waals surface area contributed by atoms with Crippen LogP contribution < -0.4 is 5.73 Å². The van der Waals surface area contributed by atoms with Gasteiger partial charge in [-0.3, -0.25) is 0 Å². The molecule has 1 aromatic rings. The molecule has 3 N–H and O–H groups in total. The van der Waals surface area contributed by atoms with Crippen molar-refractivity contribution in [3.05, 3.63) is 11.5 Å². The van der Waals surface area contributed by atoms with Crippen LogP contribution in [0.1, 0.15) is 11.5 Å². The van der Waals surface area contributed by atoms with Gasteiger partial charge in [0.05, 0.1) is 0 Å². The Morgan fingerprint density at radius 3 is 2.40 bits per heavy atom. The molecule has 0 aromatic carbocycles. The summed E-state index contributed by atoms with van der Waals surface area (Å²) in [6.45, 7) is 0. The minimum absolute atomic E-state index is 0.0639. The number of rotatable bonds is 0. The number of nitrogens with one attached hydrogen (secondary N) is 1. The van der Waals surface area contributed by atoms with Crippen LogP contribution in [-0.2, 0) is 0 Å². The van der Waals surface area contributed by atoms with Crippen molar-refractivity contribution < 1.29 is 0 Å². The third-order valence-electron chi connectivity index (χ3n) is 0.944. The van der Waals surface area contributed by atoms with E-state index in [0.29, 0.717) is 0 Å². The first-order valence-electron chi connectivity index (χ1n) is 2.43. The second-order valence-corrected chi connectivity index (χ2v) is 1.57. The van der Waals surface area contributed by atoms with Crippen molar-refractivity contribution in [3.8, 4) is 12.1 Å². The molecule has 0 spiro atoms. The zero-order chi connectivity index (χ0) is 7.56. The number of nitrogens with two attached hydrogens (primary N) is 1. The average molecular weight is 133 g/mol. The summed E-state index contributed by atoms with van der Waals surface area (Å²) < 4.78 is 0. The van der Waals surface area contributed by atoms with Gasteiger partial charge < -0.3 is 10.7 Å². The van der Waals surface area contributed by atoms with Crippen molar-refractivity contribution in [3.63, 3.8) is 0 Å². The highest BCUT2D eigenvalue weighted by Crippen LogP contribution is 2.04. The number of aromatic amines is 1. The number of hydrogen-bond donors (Lipinski definition) is 2. The lowest BCUT2D eigenvalue weighted by Crippen LogP contribution is -1.86. The predicted molar refractivity (Wildman–Crippen MR) is 32.4 cm³/mol. The fourth-order valence-corrected chi connectivity index (χ4v) is 0.525. The Hall–Kier alpha value is -2.01.